The van der Waals surface area contributed by atoms with Gasteiger partial charge in [-0.15, -0.1) is 0 Å². The number of aromatic nitrogens is 1. The van der Waals surface area contributed by atoms with Gasteiger partial charge in [0.05, 0.1) is 12.8 Å². The summed E-state index contributed by atoms with van der Waals surface area (Å²) in [5.41, 5.74) is 1.24. The number of rotatable bonds is 6. The fourth-order valence-corrected chi connectivity index (χ4v) is 2.19. The molecule has 8 nitrogen and oxygen atoms in total. The highest BCUT2D eigenvalue weighted by Crippen LogP contribution is 2.28. The molecule has 0 saturated carbocycles. The van der Waals surface area contributed by atoms with Gasteiger partial charge in [0.25, 0.3) is 5.91 Å². The zero-order chi connectivity index (χ0) is 20.0. The maximum Gasteiger partial charge on any atom is 0.255 e. The van der Waals surface area contributed by atoms with Gasteiger partial charge in [-0.2, -0.15) is 0 Å². The molecule has 1 heterocycles. The third kappa shape index (κ3) is 5.53. The Labute approximate surface area is 157 Å². The molecule has 0 spiro atoms. The number of carbonyl (C=O) groups excluding carboxylic acids is 3. The van der Waals surface area contributed by atoms with Crippen LogP contribution in [0.15, 0.2) is 36.5 Å². The van der Waals surface area contributed by atoms with Crippen LogP contribution in [0.3, 0.4) is 0 Å². The number of amides is 3. The molecule has 1 aromatic heterocycles. The van der Waals surface area contributed by atoms with Gasteiger partial charge >= 0.3 is 0 Å². The second-order valence-electron chi connectivity index (χ2n) is 6.12. The van der Waals surface area contributed by atoms with E-state index in [4.69, 9.17) is 4.74 Å². The van der Waals surface area contributed by atoms with E-state index in [0.29, 0.717) is 28.5 Å². The summed E-state index contributed by atoms with van der Waals surface area (Å²) in [4.78, 5) is 39.7. The summed E-state index contributed by atoms with van der Waals surface area (Å²) in [5, 5.41) is 8.04. The monoisotopic (exact) mass is 370 g/mol. The summed E-state index contributed by atoms with van der Waals surface area (Å²) in [5.74, 6) is -0.289. The Kier molecular flexibility index (Phi) is 6.48. The molecule has 2 aromatic rings. The Bertz CT molecular complexity index is 865. The molecule has 1 aromatic carbocycles. The molecular formula is C19H22N4O4. The van der Waals surface area contributed by atoms with E-state index in [1.165, 1.54) is 32.4 Å². The number of carbonyl (C=O) groups is 3. The summed E-state index contributed by atoms with van der Waals surface area (Å²) in [6.45, 7) is 4.92. The average Bonchev–Trinajstić information content (AvgIpc) is 2.61. The normalized spacial score (nSPS) is 10.3. The number of methoxy groups -OCH3 is 1. The van der Waals surface area contributed by atoms with E-state index in [-0.39, 0.29) is 17.7 Å². The standard InChI is InChI=1S/C19H22N4O4/c1-11(2)18(25)23-17-9-13(7-8-20-17)19(26)22-15-10-14(21-12(3)24)5-6-16(15)27-4/h5-11H,1-4H3,(H,21,24)(H,22,26)(H,20,23,25). The van der Waals surface area contributed by atoms with Crippen molar-refractivity contribution in [3.8, 4) is 5.75 Å². The third-order valence-electron chi connectivity index (χ3n) is 3.57. The lowest BCUT2D eigenvalue weighted by molar-refractivity contribution is -0.119. The summed E-state index contributed by atoms with van der Waals surface area (Å²) >= 11 is 0. The summed E-state index contributed by atoms with van der Waals surface area (Å²) in [6.07, 6.45) is 1.44. The SMILES string of the molecule is COc1ccc(NC(C)=O)cc1NC(=O)c1ccnc(NC(=O)C(C)C)c1. The lowest BCUT2D eigenvalue weighted by Gasteiger charge is -2.13. The van der Waals surface area contributed by atoms with Crippen molar-refractivity contribution in [2.45, 2.75) is 20.8 Å². The molecule has 142 valence electrons. The Morgan fingerprint density at radius 1 is 1.04 bits per heavy atom. The van der Waals surface area contributed by atoms with Crippen LogP contribution in [0, 0.1) is 5.92 Å². The molecule has 0 aliphatic rings. The number of ether oxygens (including phenoxy) is 1. The number of hydrogen-bond donors (Lipinski definition) is 3. The first-order valence-corrected chi connectivity index (χ1v) is 8.34. The minimum Gasteiger partial charge on any atom is -0.495 e. The van der Waals surface area contributed by atoms with E-state index in [2.05, 4.69) is 20.9 Å². The summed E-state index contributed by atoms with van der Waals surface area (Å²) < 4.78 is 5.25. The van der Waals surface area contributed by atoms with Crippen LogP contribution in [0.2, 0.25) is 0 Å². The highest BCUT2D eigenvalue weighted by Gasteiger charge is 2.13. The first-order valence-electron chi connectivity index (χ1n) is 8.34. The van der Waals surface area contributed by atoms with Gasteiger partial charge in [0.2, 0.25) is 11.8 Å². The lowest BCUT2D eigenvalue weighted by atomic mass is 10.2. The molecule has 0 aliphatic heterocycles. The van der Waals surface area contributed by atoms with E-state index in [1.54, 1.807) is 32.0 Å². The van der Waals surface area contributed by atoms with Crippen molar-refractivity contribution in [2.75, 3.05) is 23.1 Å². The van der Waals surface area contributed by atoms with E-state index in [9.17, 15) is 14.4 Å². The quantitative estimate of drug-likeness (QED) is 0.724. The van der Waals surface area contributed by atoms with Gasteiger partial charge in [-0.25, -0.2) is 4.98 Å². The molecule has 0 unspecified atom stereocenters. The van der Waals surface area contributed by atoms with Crippen molar-refractivity contribution in [3.63, 3.8) is 0 Å². The van der Waals surface area contributed by atoms with Crippen molar-refractivity contribution in [2.24, 2.45) is 5.92 Å². The van der Waals surface area contributed by atoms with Crippen molar-refractivity contribution in [3.05, 3.63) is 42.1 Å². The molecular weight excluding hydrogens is 348 g/mol. The van der Waals surface area contributed by atoms with Crippen molar-refractivity contribution >= 4 is 34.9 Å². The van der Waals surface area contributed by atoms with Gasteiger partial charge in [0.15, 0.2) is 0 Å². The molecule has 0 radical (unpaired) electrons. The van der Waals surface area contributed by atoms with E-state index in [0.717, 1.165) is 0 Å². The minimum absolute atomic E-state index is 0.190. The number of hydrogen-bond acceptors (Lipinski definition) is 5. The topological polar surface area (TPSA) is 109 Å². The molecule has 3 amide bonds. The molecule has 3 N–H and O–H groups in total. The maximum atomic E-state index is 12.6. The second-order valence-corrected chi connectivity index (χ2v) is 6.12. The Balaban J connectivity index is 2.21. The van der Waals surface area contributed by atoms with Gasteiger partial charge in [-0.1, -0.05) is 13.8 Å². The first-order chi connectivity index (χ1) is 12.8. The Hall–Kier alpha value is -3.42. The smallest absolute Gasteiger partial charge is 0.255 e. The second kappa shape index (κ2) is 8.79. The summed E-state index contributed by atoms with van der Waals surface area (Å²) in [6, 6.07) is 7.93. The molecule has 8 heteroatoms. The largest absolute Gasteiger partial charge is 0.495 e. The molecule has 0 aliphatic carbocycles. The van der Waals surface area contributed by atoms with Crippen molar-refractivity contribution < 1.29 is 19.1 Å². The van der Waals surface area contributed by atoms with Gasteiger partial charge in [0, 0.05) is 30.3 Å². The van der Waals surface area contributed by atoms with Gasteiger partial charge in [0.1, 0.15) is 11.6 Å². The van der Waals surface area contributed by atoms with Crippen LogP contribution < -0.4 is 20.7 Å². The zero-order valence-electron chi connectivity index (χ0n) is 15.6. The van der Waals surface area contributed by atoms with E-state index in [1.807, 2.05) is 0 Å². The third-order valence-corrected chi connectivity index (χ3v) is 3.57. The molecule has 2 rings (SSSR count). The summed E-state index contributed by atoms with van der Waals surface area (Å²) in [7, 11) is 1.48. The van der Waals surface area contributed by atoms with Crippen LogP contribution in [0.1, 0.15) is 31.1 Å². The number of benzene rings is 1. The van der Waals surface area contributed by atoms with Crippen molar-refractivity contribution in [1.29, 1.82) is 0 Å². The van der Waals surface area contributed by atoms with Gasteiger partial charge < -0.3 is 20.7 Å². The fourth-order valence-electron chi connectivity index (χ4n) is 2.19. The van der Waals surface area contributed by atoms with E-state index >= 15 is 0 Å². The Morgan fingerprint density at radius 3 is 2.41 bits per heavy atom. The molecule has 27 heavy (non-hydrogen) atoms. The van der Waals surface area contributed by atoms with Crippen molar-refractivity contribution in [1.82, 2.24) is 4.98 Å². The molecule has 0 fully saturated rings. The van der Waals surface area contributed by atoms with Crippen LogP contribution in [0.25, 0.3) is 0 Å². The van der Waals surface area contributed by atoms with Crippen LogP contribution in [-0.4, -0.2) is 29.8 Å². The average molecular weight is 370 g/mol. The maximum absolute atomic E-state index is 12.6. The van der Waals surface area contributed by atoms with Gasteiger partial charge in [-0.3, -0.25) is 14.4 Å². The minimum atomic E-state index is -0.407. The number of pyridine rings is 1. The lowest BCUT2D eigenvalue weighted by Crippen LogP contribution is -2.19. The number of nitrogens with one attached hydrogen (secondary N) is 3. The fraction of sp³-hybridized carbons (Fsp3) is 0.263. The highest BCUT2D eigenvalue weighted by molar-refractivity contribution is 6.06. The van der Waals surface area contributed by atoms with Gasteiger partial charge in [-0.05, 0) is 30.3 Å². The number of nitrogens with zero attached hydrogens (tertiary/aromatic N) is 1. The van der Waals surface area contributed by atoms with Crippen LogP contribution in [0.5, 0.6) is 5.75 Å². The predicted molar refractivity (Wildman–Crippen MR) is 103 cm³/mol. The predicted octanol–water partition coefficient (Wildman–Crippen LogP) is 2.90. The Morgan fingerprint density at radius 2 is 1.78 bits per heavy atom. The van der Waals surface area contributed by atoms with Crippen LogP contribution in [0.4, 0.5) is 17.2 Å². The van der Waals surface area contributed by atoms with Crippen LogP contribution in [-0.2, 0) is 9.59 Å². The highest BCUT2D eigenvalue weighted by atomic mass is 16.5. The molecule has 0 bridgehead atoms. The molecule has 0 saturated heterocycles. The zero-order valence-corrected chi connectivity index (χ0v) is 15.6. The number of anilines is 3. The first kappa shape index (κ1) is 19.9. The van der Waals surface area contributed by atoms with E-state index < -0.39 is 5.91 Å². The molecule has 0 atom stereocenters. The van der Waals surface area contributed by atoms with Crippen LogP contribution >= 0.6 is 0 Å².